The van der Waals surface area contributed by atoms with Crippen molar-refractivity contribution in [1.29, 1.82) is 0 Å². The summed E-state index contributed by atoms with van der Waals surface area (Å²) in [5, 5.41) is 0.662. The molecule has 0 radical (unpaired) electrons. The fourth-order valence-electron chi connectivity index (χ4n) is 1.57. The van der Waals surface area contributed by atoms with Crippen LogP contribution in [0.1, 0.15) is 16.6 Å². The predicted octanol–water partition coefficient (Wildman–Crippen LogP) is 3.91. The molecule has 0 amide bonds. The largest absolute Gasteiger partial charge is 0.315 e. The number of aldehydes is 1. The maximum Gasteiger partial charge on any atom is 0.192 e. The number of carbonyl (C=O) groups is 1. The first-order valence-corrected chi connectivity index (χ1v) is 6.50. The molecule has 0 saturated heterocycles. The average molecular weight is 285 g/mol. The van der Waals surface area contributed by atoms with Crippen molar-refractivity contribution >= 4 is 40.0 Å². The van der Waals surface area contributed by atoms with E-state index in [2.05, 4.69) is 4.98 Å². The van der Waals surface area contributed by atoms with Crippen LogP contribution in [0.4, 0.5) is 15.2 Å². The highest BCUT2D eigenvalue weighted by molar-refractivity contribution is 7.17. The Hall–Kier alpha value is -1.46. The van der Waals surface area contributed by atoms with Crippen LogP contribution in [-0.4, -0.2) is 17.8 Å². The van der Waals surface area contributed by atoms with Gasteiger partial charge in [-0.05, 0) is 19.1 Å². The van der Waals surface area contributed by atoms with E-state index in [4.69, 9.17) is 11.6 Å². The third kappa shape index (κ3) is 2.37. The van der Waals surface area contributed by atoms with E-state index in [1.54, 1.807) is 23.1 Å². The molecule has 1 aromatic carbocycles. The summed E-state index contributed by atoms with van der Waals surface area (Å²) in [6.45, 7) is 2.41. The molecule has 0 aliphatic heterocycles. The van der Waals surface area contributed by atoms with Crippen LogP contribution in [0.15, 0.2) is 24.3 Å². The highest BCUT2D eigenvalue weighted by atomic mass is 35.5. The van der Waals surface area contributed by atoms with E-state index in [1.807, 2.05) is 6.92 Å². The van der Waals surface area contributed by atoms with Crippen LogP contribution in [0, 0.1) is 5.82 Å². The lowest BCUT2D eigenvalue weighted by Gasteiger charge is -2.20. The molecule has 3 nitrogen and oxygen atoms in total. The molecule has 0 aliphatic rings. The van der Waals surface area contributed by atoms with Crippen molar-refractivity contribution in [2.75, 3.05) is 11.4 Å². The second kappa shape index (κ2) is 5.46. The van der Waals surface area contributed by atoms with Crippen LogP contribution in [0.25, 0.3) is 0 Å². The van der Waals surface area contributed by atoms with Crippen molar-refractivity contribution < 1.29 is 9.18 Å². The average Bonchev–Trinajstić information content (AvgIpc) is 2.74. The second-order valence-electron chi connectivity index (χ2n) is 3.47. The highest BCUT2D eigenvalue weighted by Gasteiger charge is 2.17. The fourth-order valence-corrected chi connectivity index (χ4v) is 2.71. The SMILES string of the molecule is CCN(c1nc(Cl)c(C=O)s1)c1ccccc1F. The summed E-state index contributed by atoms with van der Waals surface area (Å²) in [6, 6.07) is 6.41. The summed E-state index contributed by atoms with van der Waals surface area (Å²) >= 11 is 6.96. The predicted molar refractivity (Wildman–Crippen MR) is 71.6 cm³/mol. The number of hydrogen-bond donors (Lipinski definition) is 0. The van der Waals surface area contributed by atoms with Gasteiger partial charge in [-0.1, -0.05) is 35.1 Å². The molecule has 0 unspecified atom stereocenters. The summed E-state index contributed by atoms with van der Waals surface area (Å²) in [7, 11) is 0. The van der Waals surface area contributed by atoms with E-state index in [-0.39, 0.29) is 11.0 Å². The van der Waals surface area contributed by atoms with Crippen LogP contribution in [0.3, 0.4) is 0 Å². The van der Waals surface area contributed by atoms with Gasteiger partial charge in [0.1, 0.15) is 10.7 Å². The van der Waals surface area contributed by atoms with E-state index in [0.29, 0.717) is 28.5 Å². The molecule has 0 N–H and O–H groups in total. The van der Waals surface area contributed by atoms with E-state index < -0.39 is 0 Å². The first kappa shape index (κ1) is 13.0. The van der Waals surface area contributed by atoms with E-state index >= 15 is 0 Å². The summed E-state index contributed by atoms with van der Waals surface area (Å²) in [4.78, 5) is 16.9. The smallest absolute Gasteiger partial charge is 0.192 e. The molecule has 18 heavy (non-hydrogen) atoms. The molecular formula is C12H10ClFN2OS. The van der Waals surface area contributed by atoms with Gasteiger partial charge in [0.15, 0.2) is 16.6 Å². The Balaban J connectivity index is 2.45. The Morgan fingerprint density at radius 2 is 2.22 bits per heavy atom. The number of hydrogen-bond acceptors (Lipinski definition) is 4. The topological polar surface area (TPSA) is 33.2 Å². The molecule has 6 heteroatoms. The molecular weight excluding hydrogens is 275 g/mol. The van der Waals surface area contributed by atoms with Gasteiger partial charge in [-0.25, -0.2) is 9.37 Å². The van der Waals surface area contributed by atoms with Gasteiger partial charge in [0, 0.05) is 6.54 Å². The minimum atomic E-state index is -0.335. The number of benzene rings is 1. The van der Waals surface area contributed by atoms with Gasteiger partial charge in [-0.15, -0.1) is 0 Å². The number of nitrogens with zero attached hydrogens (tertiary/aromatic N) is 2. The van der Waals surface area contributed by atoms with Gasteiger partial charge in [0.25, 0.3) is 0 Å². The Kier molecular flexibility index (Phi) is 3.93. The Morgan fingerprint density at radius 3 is 2.78 bits per heavy atom. The second-order valence-corrected chi connectivity index (χ2v) is 4.83. The monoisotopic (exact) mass is 284 g/mol. The minimum Gasteiger partial charge on any atom is -0.315 e. The zero-order chi connectivity index (χ0) is 13.1. The molecule has 2 rings (SSSR count). The van der Waals surface area contributed by atoms with Crippen LogP contribution < -0.4 is 4.90 Å². The first-order valence-electron chi connectivity index (χ1n) is 5.31. The lowest BCUT2D eigenvalue weighted by Crippen LogP contribution is -2.16. The van der Waals surface area contributed by atoms with Gasteiger partial charge in [-0.2, -0.15) is 0 Å². The number of thiazole rings is 1. The van der Waals surface area contributed by atoms with Gasteiger partial charge in [0.05, 0.1) is 5.69 Å². The summed E-state index contributed by atoms with van der Waals surface area (Å²) in [5.74, 6) is -0.335. The standard InChI is InChI=1S/C12H10ClFN2OS/c1-2-16(9-6-4-3-5-8(9)14)12-15-11(13)10(7-17)18-12/h3-7H,2H2,1H3. The van der Waals surface area contributed by atoms with Crippen molar-refractivity contribution in [1.82, 2.24) is 4.98 Å². The molecule has 0 bridgehead atoms. The molecule has 0 aliphatic carbocycles. The zero-order valence-corrected chi connectivity index (χ0v) is 11.1. The van der Waals surface area contributed by atoms with Crippen LogP contribution in [-0.2, 0) is 0 Å². The normalized spacial score (nSPS) is 10.4. The number of anilines is 2. The van der Waals surface area contributed by atoms with Gasteiger partial charge in [0.2, 0.25) is 0 Å². The Morgan fingerprint density at radius 1 is 1.50 bits per heavy atom. The highest BCUT2D eigenvalue weighted by Crippen LogP contribution is 2.33. The molecule has 0 atom stereocenters. The van der Waals surface area contributed by atoms with Crippen LogP contribution in [0.2, 0.25) is 5.15 Å². The zero-order valence-electron chi connectivity index (χ0n) is 9.56. The van der Waals surface area contributed by atoms with Crippen molar-refractivity contribution in [3.8, 4) is 0 Å². The van der Waals surface area contributed by atoms with Crippen LogP contribution >= 0.6 is 22.9 Å². The van der Waals surface area contributed by atoms with E-state index in [9.17, 15) is 9.18 Å². The maximum atomic E-state index is 13.7. The Bertz CT molecular complexity index is 573. The molecule has 1 heterocycles. The number of rotatable bonds is 4. The third-order valence-corrected chi connectivity index (χ3v) is 3.80. The van der Waals surface area contributed by atoms with Crippen molar-refractivity contribution in [3.63, 3.8) is 0 Å². The van der Waals surface area contributed by atoms with E-state index in [1.165, 1.54) is 6.07 Å². The van der Waals surface area contributed by atoms with Crippen molar-refractivity contribution in [2.45, 2.75) is 6.92 Å². The molecule has 2 aromatic rings. The number of para-hydroxylation sites is 1. The molecule has 1 aromatic heterocycles. The van der Waals surface area contributed by atoms with E-state index in [0.717, 1.165) is 11.3 Å². The van der Waals surface area contributed by atoms with Gasteiger partial charge in [-0.3, -0.25) is 4.79 Å². The summed E-state index contributed by atoms with van der Waals surface area (Å²) in [5.41, 5.74) is 0.419. The quantitative estimate of drug-likeness (QED) is 0.798. The molecule has 0 fully saturated rings. The summed E-state index contributed by atoms with van der Waals surface area (Å²) in [6.07, 6.45) is 0.651. The molecule has 94 valence electrons. The number of carbonyl (C=O) groups excluding carboxylic acids is 1. The number of halogens is 2. The lowest BCUT2D eigenvalue weighted by molar-refractivity contribution is 0.112. The van der Waals surface area contributed by atoms with Gasteiger partial charge < -0.3 is 4.90 Å². The van der Waals surface area contributed by atoms with Crippen molar-refractivity contribution in [2.24, 2.45) is 0 Å². The molecule has 0 saturated carbocycles. The first-order chi connectivity index (χ1) is 8.67. The number of aromatic nitrogens is 1. The summed E-state index contributed by atoms with van der Waals surface area (Å²) < 4.78 is 13.7. The molecule has 0 spiro atoms. The minimum absolute atomic E-state index is 0.153. The third-order valence-electron chi connectivity index (χ3n) is 2.40. The van der Waals surface area contributed by atoms with Crippen LogP contribution in [0.5, 0.6) is 0 Å². The lowest BCUT2D eigenvalue weighted by atomic mass is 10.3. The van der Waals surface area contributed by atoms with Crippen molar-refractivity contribution in [3.05, 3.63) is 40.1 Å². The maximum absolute atomic E-state index is 13.7. The fraction of sp³-hybridized carbons (Fsp3) is 0.167. The Labute approximate surface area is 113 Å². The van der Waals surface area contributed by atoms with Gasteiger partial charge >= 0.3 is 0 Å².